The van der Waals surface area contributed by atoms with E-state index in [-0.39, 0.29) is 11.9 Å². The summed E-state index contributed by atoms with van der Waals surface area (Å²) in [6.45, 7) is 6.08. The van der Waals surface area contributed by atoms with Crippen molar-refractivity contribution < 1.29 is 19.0 Å². The minimum absolute atomic E-state index is 0.142. The zero-order chi connectivity index (χ0) is 18.9. The second kappa shape index (κ2) is 9.70. The number of ether oxygens (including phenoxy) is 3. The molecule has 26 heavy (non-hydrogen) atoms. The molecular weight excluding hydrogens is 330 g/mol. The van der Waals surface area contributed by atoms with Crippen molar-refractivity contribution in [1.82, 2.24) is 5.32 Å². The molecule has 0 radical (unpaired) electrons. The Hall–Kier alpha value is -2.69. The van der Waals surface area contributed by atoms with E-state index in [1.807, 2.05) is 55.5 Å². The Bertz CT molecular complexity index is 699. The second-order valence-electron chi connectivity index (χ2n) is 6.12. The molecule has 2 aromatic rings. The predicted molar refractivity (Wildman–Crippen MR) is 102 cm³/mol. The number of hydrogen-bond acceptors (Lipinski definition) is 4. The molecule has 0 aliphatic heterocycles. The summed E-state index contributed by atoms with van der Waals surface area (Å²) in [4.78, 5) is 12.3. The standard InChI is InChI=1S/C21H27NO4/c1-5-17-8-6-7-9-20(17)26-16(3)21(23)22-15(2)14-25-19-12-10-18(24-4)11-13-19/h6-13,15-16H,5,14H2,1-4H3,(H,22,23). The van der Waals surface area contributed by atoms with E-state index < -0.39 is 6.10 Å². The van der Waals surface area contributed by atoms with Crippen molar-refractivity contribution in [3.05, 3.63) is 54.1 Å². The van der Waals surface area contributed by atoms with Gasteiger partial charge in [0.2, 0.25) is 0 Å². The van der Waals surface area contributed by atoms with Crippen molar-refractivity contribution in [2.75, 3.05) is 13.7 Å². The molecule has 2 unspecified atom stereocenters. The van der Waals surface area contributed by atoms with Crippen molar-refractivity contribution in [3.8, 4) is 17.2 Å². The van der Waals surface area contributed by atoms with E-state index in [4.69, 9.17) is 14.2 Å². The fourth-order valence-electron chi connectivity index (χ4n) is 2.45. The molecule has 0 aromatic heterocycles. The third kappa shape index (κ3) is 5.69. The van der Waals surface area contributed by atoms with Gasteiger partial charge in [-0.05, 0) is 56.2 Å². The fraction of sp³-hybridized carbons (Fsp3) is 0.381. The summed E-state index contributed by atoms with van der Waals surface area (Å²) < 4.78 is 16.6. The molecule has 1 amide bonds. The van der Waals surface area contributed by atoms with Gasteiger partial charge >= 0.3 is 0 Å². The Kier molecular flexibility index (Phi) is 7.33. The summed E-state index contributed by atoms with van der Waals surface area (Å²) in [5.41, 5.74) is 1.09. The molecule has 0 aliphatic rings. The number of para-hydroxylation sites is 1. The van der Waals surface area contributed by atoms with E-state index in [2.05, 4.69) is 12.2 Å². The van der Waals surface area contributed by atoms with Gasteiger partial charge in [0.15, 0.2) is 6.10 Å². The van der Waals surface area contributed by atoms with Crippen molar-refractivity contribution in [2.24, 2.45) is 0 Å². The maximum Gasteiger partial charge on any atom is 0.261 e. The summed E-state index contributed by atoms with van der Waals surface area (Å²) in [5, 5.41) is 2.92. The van der Waals surface area contributed by atoms with Gasteiger partial charge in [-0.25, -0.2) is 0 Å². The molecule has 1 N–H and O–H groups in total. The summed E-state index contributed by atoms with van der Waals surface area (Å²) in [5.74, 6) is 2.09. The molecule has 0 aliphatic carbocycles. The minimum atomic E-state index is -0.578. The number of carbonyl (C=O) groups excluding carboxylic acids is 1. The van der Waals surface area contributed by atoms with Gasteiger partial charge in [-0.2, -0.15) is 0 Å². The lowest BCUT2D eigenvalue weighted by Gasteiger charge is -2.20. The Morgan fingerprint density at radius 1 is 1.04 bits per heavy atom. The molecule has 0 bridgehead atoms. The number of carbonyl (C=O) groups is 1. The number of aryl methyl sites for hydroxylation is 1. The fourth-order valence-corrected chi connectivity index (χ4v) is 2.45. The van der Waals surface area contributed by atoms with Crippen molar-refractivity contribution in [3.63, 3.8) is 0 Å². The van der Waals surface area contributed by atoms with Crippen LogP contribution in [0.2, 0.25) is 0 Å². The van der Waals surface area contributed by atoms with Gasteiger partial charge in [-0.3, -0.25) is 4.79 Å². The van der Waals surface area contributed by atoms with Crippen molar-refractivity contribution in [1.29, 1.82) is 0 Å². The molecule has 5 nitrogen and oxygen atoms in total. The first-order valence-electron chi connectivity index (χ1n) is 8.85. The maximum atomic E-state index is 12.3. The number of methoxy groups -OCH3 is 1. The molecule has 0 saturated carbocycles. The Morgan fingerprint density at radius 3 is 2.35 bits per heavy atom. The average molecular weight is 357 g/mol. The van der Waals surface area contributed by atoms with Crippen LogP contribution in [0, 0.1) is 0 Å². The Balaban J connectivity index is 1.81. The van der Waals surface area contributed by atoms with Crippen LogP contribution < -0.4 is 19.5 Å². The van der Waals surface area contributed by atoms with Gasteiger partial charge in [-0.1, -0.05) is 25.1 Å². The second-order valence-corrected chi connectivity index (χ2v) is 6.12. The monoisotopic (exact) mass is 357 g/mol. The molecule has 0 saturated heterocycles. The minimum Gasteiger partial charge on any atom is -0.497 e. The molecule has 2 atom stereocenters. The number of hydrogen-bond donors (Lipinski definition) is 1. The first kappa shape index (κ1) is 19.6. The summed E-state index contributed by atoms with van der Waals surface area (Å²) in [7, 11) is 1.62. The van der Waals surface area contributed by atoms with Crippen LogP contribution in [-0.4, -0.2) is 31.8 Å². The first-order valence-corrected chi connectivity index (χ1v) is 8.85. The molecule has 140 valence electrons. The summed E-state index contributed by atoms with van der Waals surface area (Å²) in [6, 6.07) is 15.0. The predicted octanol–water partition coefficient (Wildman–Crippen LogP) is 3.61. The van der Waals surface area contributed by atoms with Crippen molar-refractivity contribution in [2.45, 2.75) is 39.3 Å². The number of benzene rings is 2. The van der Waals surface area contributed by atoms with Crippen LogP contribution in [0.15, 0.2) is 48.5 Å². The van der Waals surface area contributed by atoms with Crippen LogP contribution in [0.1, 0.15) is 26.3 Å². The molecule has 5 heteroatoms. The Labute approximate surface area is 155 Å². The lowest BCUT2D eigenvalue weighted by molar-refractivity contribution is -0.128. The zero-order valence-corrected chi connectivity index (χ0v) is 15.8. The highest BCUT2D eigenvalue weighted by Gasteiger charge is 2.18. The quantitative estimate of drug-likeness (QED) is 0.745. The van der Waals surface area contributed by atoms with Crippen LogP contribution in [0.3, 0.4) is 0 Å². The smallest absolute Gasteiger partial charge is 0.261 e. The number of amides is 1. The highest BCUT2D eigenvalue weighted by atomic mass is 16.5. The summed E-state index contributed by atoms with van der Waals surface area (Å²) in [6.07, 6.45) is 0.280. The average Bonchev–Trinajstić information content (AvgIpc) is 2.67. The highest BCUT2D eigenvalue weighted by Crippen LogP contribution is 2.20. The Morgan fingerprint density at radius 2 is 1.69 bits per heavy atom. The van der Waals surface area contributed by atoms with Gasteiger partial charge in [0, 0.05) is 0 Å². The first-order chi connectivity index (χ1) is 12.5. The molecule has 2 aromatic carbocycles. The third-order valence-electron chi connectivity index (χ3n) is 3.97. The van der Waals surface area contributed by atoms with Crippen LogP contribution in [-0.2, 0) is 11.2 Å². The number of rotatable bonds is 9. The lowest BCUT2D eigenvalue weighted by atomic mass is 10.1. The van der Waals surface area contributed by atoms with Gasteiger partial charge in [-0.15, -0.1) is 0 Å². The van der Waals surface area contributed by atoms with E-state index in [9.17, 15) is 4.79 Å². The molecule has 2 rings (SSSR count). The molecule has 0 heterocycles. The normalized spacial score (nSPS) is 12.8. The van der Waals surface area contributed by atoms with E-state index in [0.717, 1.165) is 29.2 Å². The van der Waals surface area contributed by atoms with Crippen LogP contribution in [0.5, 0.6) is 17.2 Å². The topological polar surface area (TPSA) is 56.8 Å². The van der Waals surface area contributed by atoms with Crippen molar-refractivity contribution >= 4 is 5.91 Å². The molecule has 0 fully saturated rings. The van der Waals surface area contributed by atoms with Gasteiger partial charge in [0.25, 0.3) is 5.91 Å². The van der Waals surface area contributed by atoms with Crippen LogP contribution in [0.25, 0.3) is 0 Å². The van der Waals surface area contributed by atoms with E-state index >= 15 is 0 Å². The van der Waals surface area contributed by atoms with Gasteiger partial charge in [0.05, 0.1) is 13.2 Å². The van der Waals surface area contributed by atoms with Gasteiger partial charge < -0.3 is 19.5 Å². The van der Waals surface area contributed by atoms with Gasteiger partial charge in [0.1, 0.15) is 23.9 Å². The summed E-state index contributed by atoms with van der Waals surface area (Å²) >= 11 is 0. The maximum absolute atomic E-state index is 12.3. The molecule has 0 spiro atoms. The van der Waals surface area contributed by atoms with E-state index in [0.29, 0.717) is 6.61 Å². The van der Waals surface area contributed by atoms with E-state index in [1.165, 1.54) is 0 Å². The largest absolute Gasteiger partial charge is 0.497 e. The zero-order valence-electron chi connectivity index (χ0n) is 15.8. The highest BCUT2D eigenvalue weighted by molar-refractivity contribution is 5.81. The van der Waals surface area contributed by atoms with Crippen LogP contribution in [0.4, 0.5) is 0 Å². The van der Waals surface area contributed by atoms with E-state index in [1.54, 1.807) is 14.0 Å². The number of nitrogens with one attached hydrogen (secondary N) is 1. The molecular formula is C21H27NO4. The SMILES string of the molecule is CCc1ccccc1OC(C)C(=O)NC(C)COc1ccc(OC)cc1. The van der Waals surface area contributed by atoms with Crippen LogP contribution >= 0.6 is 0 Å². The lowest BCUT2D eigenvalue weighted by Crippen LogP contribution is -2.43. The third-order valence-corrected chi connectivity index (χ3v) is 3.97.